The maximum atomic E-state index is 13.0. The van der Waals surface area contributed by atoms with E-state index in [2.05, 4.69) is 5.32 Å². The molecule has 2 N–H and O–H groups in total. The molecule has 0 atom stereocenters. The summed E-state index contributed by atoms with van der Waals surface area (Å²) in [5.41, 5.74) is 0.996. The third kappa shape index (κ3) is 2.31. The van der Waals surface area contributed by atoms with Crippen LogP contribution in [0, 0.1) is 5.82 Å². The van der Waals surface area contributed by atoms with Crippen molar-refractivity contribution in [1.29, 1.82) is 0 Å². The quantitative estimate of drug-likeness (QED) is 0.843. The van der Waals surface area contributed by atoms with Gasteiger partial charge >= 0.3 is 0 Å². The summed E-state index contributed by atoms with van der Waals surface area (Å²) in [4.78, 5) is 25.4. The third-order valence-electron chi connectivity index (χ3n) is 3.21. The largest absolute Gasteiger partial charge is 0.507 e. The molecule has 0 radical (unpaired) electrons. The molecule has 106 valence electrons. The Bertz CT molecular complexity index is 745. The lowest BCUT2D eigenvalue weighted by atomic mass is 10.1. The fourth-order valence-electron chi connectivity index (χ4n) is 2.25. The molecule has 2 amide bonds. The zero-order valence-corrected chi connectivity index (χ0v) is 10.8. The fraction of sp³-hybridized carbons (Fsp3) is 0.0667. The van der Waals surface area contributed by atoms with Crippen LogP contribution >= 0.6 is 0 Å². The minimum absolute atomic E-state index is 0.0547. The number of amides is 2. The van der Waals surface area contributed by atoms with E-state index in [-0.39, 0.29) is 18.0 Å². The number of halogens is 1. The van der Waals surface area contributed by atoms with Crippen molar-refractivity contribution in [2.24, 2.45) is 0 Å². The van der Waals surface area contributed by atoms with Crippen molar-refractivity contribution in [3.63, 3.8) is 0 Å². The smallest absolute Gasteiger partial charge is 0.262 e. The Morgan fingerprint density at radius 2 is 2.00 bits per heavy atom. The van der Waals surface area contributed by atoms with E-state index in [9.17, 15) is 19.1 Å². The monoisotopic (exact) mass is 286 g/mol. The number of aromatic hydroxyl groups is 1. The number of rotatable bonds is 1. The van der Waals surface area contributed by atoms with E-state index in [0.717, 1.165) is 12.1 Å². The minimum atomic E-state index is -0.638. The third-order valence-corrected chi connectivity index (χ3v) is 3.21. The molecule has 0 bridgehead atoms. The molecule has 0 saturated heterocycles. The van der Waals surface area contributed by atoms with Crippen molar-refractivity contribution in [2.45, 2.75) is 0 Å². The molecule has 0 aromatic heterocycles. The Hall–Kier alpha value is -2.89. The molecule has 5 nitrogen and oxygen atoms in total. The van der Waals surface area contributed by atoms with Crippen molar-refractivity contribution >= 4 is 23.2 Å². The van der Waals surface area contributed by atoms with Gasteiger partial charge in [-0.1, -0.05) is 12.1 Å². The average Bonchev–Trinajstić information content (AvgIpc) is 2.45. The number of carbonyl (C=O) groups is 2. The van der Waals surface area contributed by atoms with Crippen LogP contribution in [0.15, 0.2) is 42.5 Å². The van der Waals surface area contributed by atoms with Gasteiger partial charge in [-0.2, -0.15) is 0 Å². The van der Waals surface area contributed by atoms with Crippen LogP contribution in [0.5, 0.6) is 5.75 Å². The van der Waals surface area contributed by atoms with Gasteiger partial charge in [-0.05, 0) is 24.3 Å². The first-order valence-electron chi connectivity index (χ1n) is 6.25. The Kier molecular flexibility index (Phi) is 3.06. The second-order valence-corrected chi connectivity index (χ2v) is 4.62. The number of nitrogens with one attached hydrogen (secondary N) is 1. The number of phenolic OH excluding ortho intramolecular Hbond substituents is 1. The predicted octanol–water partition coefficient (Wildman–Crippen LogP) is 2.13. The molecule has 21 heavy (non-hydrogen) atoms. The first-order valence-corrected chi connectivity index (χ1v) is 6.25. The summed E-state index contributed by atoms with van der Waals surface area (Å²) >= 11 is 0. The molecular formula is C15H11FN2O3. The highest BCUT2D eigenvalue weighted by molar-refractivity contribution is 6.15. The highest BCUT2D eigenvalue weighted by atomic mass is 19.1. The van der Waals surface area contributed by atoms with E-state index in [0.29, 0.717) is 11.4 Å². The number of nitrogens with zero attached hydrogens (tertiary/aromatic N) is 1. The van der Waals surface area contributed by atoms with Gasteiger partial charge in [0.25, 0.3) is 5.91 Å². The van der Waals surface area contributed by atoms with Crippen molar-refractivity contribution < 1.29 is 19.1 Å². The van der Waals surface area contributed by atoms with Crippen LogP contribution in [-0.4, -0.2) is 23.5 Å². The zero-order chi connectivity index (χ0) is 15.0. The van der Waals surface area contributed by atoms with E-state index in [1.807, 2.05) is 0 Å². The number of anilines is 2. The van der Waals surface area contributed by atoms with Gasteiger partial charge in [-0.25, -0.2) is 4.39 Å². The number of hydrogen-bond donors (Lipinski definition) is 2. The van der Waals surface area contributed by atoms with Crippen LogP contribution in [-0.2, 0) is 4.79 Å². The number of fused-ring (bicyclic) bond motifs is 1. The van der Waals surface area contributed by atoms with Gasteiger partial charge in [-0.3, -0.25) is 14.5 Å². The van der Waals surface area contributed by atoms with Crippen molar-refractivity contribution in [3.05, 3.63) is 53.8 Å². The summed E-state index contributed by atoms with van der Waals surface area (Å²) in [6, 6.07) is 9.99. The zero-order valence-electron chi connectivity index (χ0n) is 10.8. The summed E-state index contributed by atoms with van der Waals surface area (Å²) in [6.45, 7) is -0.160. The molecule has 6 heteroatoms. The van der Waals surface area contributed by atoms with Gasteiger partial charge in [0.1, 0.15) is 18.1 Å². The molecule has 0 unspecified atom stereocenters. The Labute approximate surface area is 119 Å². The Morgan fingerprint density at radius 1 is 1.24 bits per heavy atom. The van der Waals surface area contributed by atoms with Crippen molar-refractivity contribution in [3.8, 4) is 5.75 Å². The number of carbonyl (C=O) groups excluding carboxylic acids is 2. The number of phenols is 1. The second kappa shape index (κ2) is 4.90. The fourth-order valence-corrected chi connectivity index (χ4v) is 2.25. The molecule has 1 heterocycles. The average molecular weight is 286 g/mol. The number of para-hydroxylation sites is 2. The normalized spacial score (nSPS) is 13.6. The Morgan fingerprint density at radius 3 is 2.76 bits per heavy atom. The molecule has 1 aliphatic rings. The molecule has 3 rings (SSSR count). The van der Waals surface area contributed by atoms with Gasteiger partial charge in [-0.15, -0.1) is 0 Å². The van der Waals surface area contributed by atoms with Crippen molar-refractivity contribution in [2.75, 3.05) is 16.8 Å². The van der Waals surface area contributed by atoms with Crippen LogP contribution in [0.25, 0.3) is 0 Å². The molecule has 1 aliphatic heterocycles. The summed E-state index contributed by atoms with van der Waals surface area (Å²) in [7, 11) is 0. The first-order chi connectivity index (χ1) is 10.1. The van der Waals surface area contributed by atoms with Gasteiger partial charge in [0, 0.05) is 6.07 Å². The molecule has 0 saturated carbocycles. The molecule has 2 aromatic rings. The molecular weight excluding hydrogens is 275 g/mol. The highest BCUT2D eigenvalue weighted by Gasteiger charge is 2.28. The topological polar surface area (TPSA) is 69.6 Å². The van der Waals surface area contributed by atoms with E-state index in [1.54, 1.807) is 24.3 Å². The van der Waals surface area contributed by atoms with Crippen LogP contribution in [0.2, 0.25) is 0 Å². The molecule has 0 fully saturated rings. The van der Waals surface area contributed by atoms with Gasteiger partial charge in [0.05, 0.1) is 16.9 Å². The summed E-state index contributed by atoms with van der Waals surface area (Å²) < 4.78 is 13.0. The van der Waals surface area contributed by atoms with Gasteiger partial charge in [0.2, 0.25) is 5.91 Å². The van der Waals surface area contributed by atoms with Crippen LogP contribution < -0.4 is 10.2 Å². The lowest BCUT2D eigenvalue weighted by Crippen LogP contribution is -2.42. The van der Waals surface area contributed by atoms with Crippen molar-refractivity contribution in [1.82, 2.24) is 0 Å². The summed E-state index contributed by atoms with van der Waals surface area (Å²) in [6.07, 6.45) is 0. The Balaban J connectivity index is 2.04. The minimum Gasteiger partial charge on any atom is -0.507 e. The molecule has 0 spiro atoms. The maximum absolute atomic E-state index is 13.0. The first kappa shape index (κ1) is 13.1. The summed E-state index contributed by atoms with van der Waals surface area (Å²) in [5, 5.41) is 12.4. The summed E-state index contributed by atoms with van der Waals surface area (Å²) in [5.74, 6) is -1.98. The maximum Gasteiger partial charge on any atom is 0.262 e. The lowest BCUT2D eigenvalue weighted by molar-refractivity contribution is -0.115. The second-order valence-electron chi connectivity index (χ2n) is 4.62. The van der Waals surface area contributed by atoms with Crippen LogP contribution in [0.1, 0.15) is 10.4 Å². The van der Waals surface area contributed by atoms with E-state index < -0.39 is 17.5 Å². The molecule has 2 aromatic carbocycles. The highest BCUT2D eigenvalue weighted by Crippen LogP contribution is 2.31. The van der Waals surface area contributed by atoms with Crippen LogP contribution in [0.3, 0.4) is 0 Å². The number of hydrogen-bond acceptors (Lipinski definition) is 3. The standard InChI is InChI=1S/C15H11FN2O3/c16-9-5-6-10(13(19)7-9)15(21)18-8-14(20)17-11-3-1-2-4-12(11)18/h1-7,19H,8H2,(H,17,20). The number of benzene rings is 2. The van der Waals surface area contributed by atoms with Crippen LogP contribution in [0.4, 0.5) is 15.8 Å². The van der Waals surface area contributed by atoms with E-state index in [4.69, 9.17) is 0 Å². The SMILES string of the molecule is O=C1CN(C(=O)c2ccc(F)cc2O)c2ccccc2N1. The van der Waals surface area contributed by atoms with Gasteiger partial charge < -0.3 is 10.4 Å². The van der Waals surface area contributed by atoms with E-state index in [1.165, 1.54) is 11.0 Å². The van der Waals surface area contributed by atoms with Gasteiger partial charge in [0.15, 0.2) is 0 Å². The van der Waals surface area contributed by atoms with E-state index >= 15 is 0 Å². The lowest BCUT2D eigenvalue weighted by Gasteiger charge is -2.29. The molecule has 0 aliphatic carbocycles. The predicted molar refractivity (Wildman–Crippen MR) is 74.8 cm³/mol.